The molecule has 2 heterocycles. The van der Waals surface area contributed by atoms with Gasteiger partial charge in [-0.3, -0.25) is 4.98 Å². The van der Waals surface area contributed by atoms with E-state index in [4.69, 9.17) is 5.73 Å². The minimum absolute atomic E-state index is 0.210. The van der Waals surface area contributed by atoms with Crippen LogP contribution in [-0.2, 0) is 23.5 Å². The Morgan fingerprint density at radius 2 is 2.23 bits per heavy atom. The van der Waals surface area contributed by atoms with Crippen LogP contribution in [0.3, 0.4) is 0 Å². The van der Waals surface area contributed by atoms with E-state index in [-0.39, 0.29) is 5.84 Å². The van der Waals surface area contributed by atoms with Crippen LogP contribution >= 0.6 is 11.8 Å². The number of nitrogens with zero attached hydrogens (tertiary/aromatic N) is 4. The summed E-state index contributed by atoms with van der Waals surface area (Å²) in [5.41, 5.74) is 7.91. The first-order chi connectivity index (χ1) is 10.5. The molecule has 1 unspecified atom stereocenters. The highest BCUT2D eigenvalue weighted by atomic mass is 32.2. The first-order valence-electron chi connectivity index (χ1n) is 6.80. The molecule has 120 valence electrons. The first kappa shape index (κ1) is 16.9. The maximum atomic E-state index is 11.0. The predicted octanol–water partition coefficient (Wildman–Crippen LogP) is 0.314. The highest BCUT2D eigenvalue weighted by Crippen LogP contribution is 2.11. The molecule has 0 aromatic carbocycles. The molecule has 0 saturated carbocycles. The second kappa shape index (κ2) is 8.25. The number of aromatic nitrogens is 1. The summed E-state index contributed by atoms with van der Waals surface area (Å²) < 4.78 is 18.5. The quantitative estimate of drug-likeness (QED) is 0.694. The lowest BCUT2D eigenvalue weighted by molar-refractivity contribution is 0.402. The van der Waals surface area contributed by atoms with Crippen molar-refractivity contribution in [1.29, 1.82) is 0 Å². The van der Waals surface area contributed by atoms with Crippen LogP contribution in [0.5, 0.6) is 0 Å². The number of amidine groups is 2. The molecular weight excluding hydrogens is 320 g/mol. The van der Waals surface area contributed by atoms with Crippen molar-refractivity contribution in [3.05, 3.63) is 29.6 Å². The Labute approximate surface area is 137 Å². The Hall–Kier alpha value is -1.45. The minimum atomic E-state index is -1.56. The average molecular weight is 340 g/mol. The summed E-state index contributed by atoms with van der Waals surface area (Å²) in [5, 5.41) is 3.04. The molecule has 0 aliphatic carbocycles. The van der Waals surface area contributed by atoms with E-state index in [1.807, 2.05) is 26.4 Å². The zero-order valence-electron chi connectivity index (χ0n) is 12.7. The van der Waals surface area contributed by atoms with Gasteiger partial charge in [-0.15, -0.1) is 8.80 Å². The summed E-state index contributed by atoms with van der Waals surface area (Å²) in [6.45, 7) is 1.60. The molecule has 0 amide bonds. The maximum Gasteiger partial charge on any atom is 0.269 e. The molecule has 1 aromatic rings. The van der Waals surface area contributed by atoms with Crippen molar-refractivity contribution in [1.82, 2.24) is 15.2 Å². The van der Waals surface area contributed by atoms with Gasteiger partial charge in [-0.05, 0) is 31.8 Å². The van der Waals surface area contributed by atoms with Gasteiger partial charge in [0.05, 0.1) is 5.69 Å². The third kappa shape index (κ3) is 5.39. The predicted molar refractivity (Wildman–Crippen MR) is 93.0 cm³/mol. The van der Waals surface area contributed by atoms with Crippen molar-refractivity contribution in [2.75, 3.05) is 26.4 Å². The average Bonchev–Trinajstić information content (AvgIpc) is 2.76. The lowest BCUT2D eigenvalue weighted by Gasteiger charge is -2.10. The van der Waals surface area contributed by atoms with Gasteiger partial charge < -0.3 is 16.0 Å². The molecule has 22 heavy (non-hydrogen) atoms. The largest absolute Gasteiger partial charge is 0.380 e. The van der Waals surface area contributed by atoms with Crippen LogP contribution < -0.4 is 11.1 Å². The van der Waals surface area contributed by atoms with Gasteiger partial charge in [0.25, 0.3) is 11.2 Å². The smallest absolute Gasteiger partial charge is 0.269 e. The van der Waals surface area contributed by atoms with E-state index in [9.17, 15) is 4.21 Å². The van der Waals surface area contributed by atoms with Crippen LogP contribution in [0.15, 0.2) is 27.1 Å². The topological polar surface area (TPSA) is 96.0 Å². The molecule has 0 saturated heterocycles. The van der Waals surface area contributed by atoms with Gasteiger partial charge in [0.1, 0.15) is 0 Å². The summed E-state index contributed by atoms with van der Waals surface area (Å²) in [7, 11) is 4.10. The SMILES string of the molecule is CN(C)Cc1ccnc(CSCCNC2=NS(=O)N=C2N)c1. The highest BCUT2D eigenvalue weighted by molar-refractivity contribution is 7.98. The van der Waals surface area contributed by atoms with Crippen molar-refractivity contribution in [2.45, 2.75) is 12.3 Å². The van der Waals surface area contributed by atoms with Crippen LogP contribution in [0.1, 0.15) is 11.3 Å². The fraction of sp³-hybridized carbons (Fsp3) is 0.462. The molecule has 0 spiro atoms. The molecule has 7 nitrogen and oxygen atoms in total. The van der Waals surface area contributed by atoms with Crippen molar-refractivity contribution >= 4 is 34.6 Å². The molecule has 0 fully saturated rings. The van der Waals surface area contributed by atoms with Crippen LogP contribution in [0.2, 0.25) is 0 Å². The molecule has 9 heteroatoms. The zero-order valence-corrected chi connectivity index (χ0v) is 14.3. The summed E-state index contributed by atoms with van der Waals surface area (Å²) in [6, 6.07) is 4.17. The number of pyridine rings is 1. The molecule has 0 radical (unpaired) electrons. The van der Waals surface area contributed by atoms with Gasteiger partial charge in [0.2, 0.25) is 0 Å². The van der Waals surface area contributed by atoms with E-state index in [1.165, 1.54) is 5.56 Å². The van der Waals surface area contributed by atoms with Crippen molar-refractivity contribution in [3.8, 4) is 0 Å². The van der Waals surface area contributed by atoms with E-state index < -0.39 is 11.2 Å². The van der Waals surface area contributed by atoms with Gasteiger partial charge in [0, 0.05) is 30.8 Å². The molecule has 1 atom stereocenters. The van der Waals surface area contributed by atoms with Gasteiger partial charge in [0.15, 0.2) is 11.7 Å². The summed E-state index contributed by atoms with van der Waals surface area (Å²) in [5.74, 6) is 2.36. The lowest BCUT2D eigenvalue weighted by Crippen LogP contribution is -2.35. The van der Waals surface area contributed by atoms with Crippen molar-refractivity contribution in [2.24, 2.45) is 14.5 Å². The van der Waals surface area contributed by atoms with Crippen LogP contribution in [0, 0.1) is 0 Å². The monoisotopic (exact) mass is 340 g/mol. The fourth-order valence-corrected chi connectivity index (χ4v) is 3.25. The van der Waals surface area contributed by atoms with Gasteiger partial charge in [-0.25, -0.2) is 4.21 Å². The standard InChI is InChI=1S/C13H20N6OS2/c1-19(2)8-10-3-4-15-11(7-10)9-21-6-5-16-13-12(14)17-22(20)18-13/h3-4,7H,5-6,8-9H2,1-2H3,(H2,14,17)(H,16,18). The summed E-state index contributed by atoms with van der Waals surface area (Å²) >= 11 is 0.209. The second-order valence-corrected chi connectivity index (χ2v) is 6.95. The Morgan fingerprint density at radius 1 is 1.41 bits per heavy atom. The Morgan fingerprint density at radius 3 is 2.91 bits per heavy atom. The van der Waals surface area contributed by atoms with E-state index in [0.29, 0.717) is 12.4 Å². The summed E-state index contributed by atoms with van der Waals surface area (Å²) in [4.78, 5) is 6.51. The normalized spacial score (nSPS) is 17.5. The van der Waals surface area contributed by atoms with E-state index in [2.05, 4.69) is 30.1 Å². The minimum Gasteiger partial charge on any atom is -0.380 e. The summed E-state index contributed by atoms with van der Waals surface area (Å²) in [6.07, 6.45) is 1.85. The molecule has 2 rings (SSSR count). The number of thioether (sulfide) groups is 1. The molecule has 1 aliphatic heterocycles. The molecule has 3 N–H and O–H groups in total. The lowest BCUT2D eigenvalue weighted by atomic mass is 10.2. The van der Waals surface area contributed by atoms with E-state index >= 15 is 0 Å². The van der Waals surface area contributed by atoms with Crippen LogP contribution in [0.25, 0.3) is 0 Å². The van der Waals surface area contributed by atoms with Gasteiger partial charge >= 0.3 is 0 Å². The number of hydrogen-bond donors (Lipinski definition) is 2. The molecule has 0 bridgehead atoms. The number of nitrogens with one attached hydrogen (secondary N) is 1. The molecular formula is C13H20N6OS2. The Kier molecular flexibility index (Phi) is 6.34. The van der Waals surface area contributed by atoms with Crippen molar-refractivity contribution in [3.63, 3.8) is 0 Å². The zero-order chi connectivity index (χ0) is 15.9. The Balaban J connectivity index is 1.70. The maximum absolute atomic E-state index is 11.0. The molecule has 1 aliphatic rings. The van der Waals surface area contributed by atoms with Crippen LogP contribution in [-0.4, -0.2) is 52.2 Å². The van der Waals surface area contributed by atoms with E-state index in [0.717, 1.165) is 23.7 Å². The van der Waals surface area contributed by atoms with Crippen molar-refractivity contribution < 1.29 is 4.21 Å². The number of nitrogens with two attached hydrogens (primary N) is 1. The Bertz CT molecular complexity index is 602. The molecule has 1 aromatic heterocycles. The third-order valence-corrected chi connectivity index (χ3v) is 4.44. The van der Waals surface area contributed by atoms with Gasteiger partial charge in [-0.2, -0.15) is 11.8 Å². The van der Waals surface area contributed by atoms with Crippen LogP contribution in [0.4, 0.5) is 0 Å². The number of rotatable bonds is 7. The van der Waals surface area contributed by atoms with E-state index in [1.54, 1.807) is 11.8 Å². The van der Waals surface area contributed by atoms with Gasteiger partial charge in [-0.1, -0.05) is 0 Å². The fourth-order valence-electron chi connectivity index (χ4n) is 1.88. The third-order valence-electron chi connectivity index (χ3n) is 2.76. The first-order valence-corrected chi connectivity index (χ1v) is 9.02. The second-order valence-electron chi connectivity index (χ2n) is 5.02. The number of hydrogen-bond acceptors (Lipinski definition) is 6. The highest BCUT2D eigenvalue weighted by Gasteiger charge is 2.14.